The predicted molar refractivity (Wildman–Crippen MR) is 126 cm³/mol. The van der Waals surface area contributed by atoms with Crippen molar-refractivity contribution in [3.05, 3.63) is 70.4 Å². The molecule has 0 radical (unpaired) electrons. The lowest BCUT2D eigenvalue weighted by Crippen LogP contribution is -2.40. The zero-order valence-electron chi connectivity index (χ0n) is 18.5. The maximum absolute atomic E-state index is 13.8. The maximum Gasteiger partial charge on any atom is 0.293 e. The summed E-state index contributed by atoms with van der Waals surface area (Å²) in [5.41, 5.74) is 1.29. The van der Waals surface area contributed by atoms with Gasteiger partial charge in [-0.2, -0.15) is 0 Å². The number of nitrogens with one attached hydrogen (secondary N) is 1. The van der Waals surface area contributed by atoms with Crippen molar-refractivity contribution in [2.24, 2.45) is 0 Å². The largest absolute Gasteiger partial charge is 0.494 e. The van der Waals surface area contributed by atoms with E-state index in [1.807, 2.05) is 43.1 Å². The fourth-order valence-electron chi connectivity index (χ4n) is 3.26. The number of benzene rings is 2. The van der Waals surface area contributed by atoms with Gasteiger partial charge in [0.15, 0.2) is 0 Å². The predicted octanol–water partition coefficient (Wildman–Crippen LogP) is 3.51. The van der Waals surface area contributed by atoms with Crippen LogP contribution in [0.25, 0.3) is 6.08 Å². The van der Waals surface area contributed by atoms with Gasteiger partial charge in [0, 0.05) is 25.2 Å². The van der Waals surface area contributed by atoms with Crippen LogP contribution < -0.4 is 10.1 Å². The smallest absolute Gasteiger partial charge is 0.293 e. The van der Waals surface area contributed by atoms with Gasteiger partial charge >= 0.3 is 0 Å². The number of ether oxygens (including phenoxy) is 1. The first-order valence-electron chi connectivity index (χ1n) is 10.5. The number of imide groups is 1. The van der Waals surface area contributed by atoms with Gasteiger partial charge in [-0.25, -0.2) is 4.39 Å². The highest BCUT2D eigenvalue weighted by molar-refractivity contribution is 8.18. The molecule has 1 N–H and O–H groups in total. The summed E-state index contributed by atoms with van der Waals surface area (Å²) in [5.74, 6) is -0.365. The third kappa shape index (κ3) is 6.90. The van der Waals surface area contributed by atoms with Gasteiger partial charge in [0.25, 0.3) is 11.1 Å². The number of halogens is 1. The Kier molecular flexibility index (Phi) is 8.62. The van der Waals surface area contributed by atoms with Crippen molar-refractivity contribution in [2.75, 3.05) is 33.3 Å². The van der Waals surface area contributed by atoms with Crippen molar-refractivity contribution in [3.63, 3.8) is 0 Å². The quantitative estimate of drug-likeness (QED) is 0.535. The molecule has 0 unspecified atom stereocenters. The molecule has 1 aliphatic rings. The minimum absolute atomic E-state index is 0.0492. The highest BCUT2D eigenvalue weighted by Gasteiger charge is 2.34. The molecule has 1 fully saturated rings. The highest BCUT2D eigenvalue weighted by Crippen LogP contribution is 2.32. The Morgan fingerprint density at radius 1 is 1.18 bits per heavy atom. The van der Waals surface area contributed by atoms with Gasteiger partial charge in [-0.05, 0) is 55.6 Å². The molecule has 3 amide bonds. The van der Waals surface area contributed by atoms with E-state index in [9.17, 15) is 18.8 Å². The molecule has 174 valence electrons. The van der Waals surface area contributed by atoms with Crippen molar-refractivity contribution in [1.29, 1.82) is 0 Å². The van der Waals surface area contributed by atoms with Crippen LogP contribution in [0.5, 0.6) is 5.75 Å². The molecule has 0 spiro atoms. The molecule has 0 aliphatic carbocycles. The van der Waals surface area contributed by atoms with Crippen molar-refractivity contribution in [3.8, 4) is 5.75 Å². The zero-order valence-corrected chi connectivity index (χ0v) is 19.4. The third-order valence-electron chi connectivity index (χ3n) is 4.82. The van der Waals surface area contributed by atoms with Crippen LogP contribution in [0.15, 0.2) is 53.4 Å². The Morgan fingerprint density at radius 2 is 1.91 bits per heavy atom. The number of nitrogens with zero attached hydrogens (tertiary/aromatic N) is 2. The van der Waals surface area contributed by atoms with E-state index in [1.54, 1.807) is 12.1 Å². The first-order chi connectivity index (χ1) is 15.9. The van der Waals surface area contributed by atoms with Crippen LogP contribution >= 0.6 is 11.8 Å². The molecule has 0 aromatic heterocycles. The van der Waals surface area contributed by atoms with Crippen molar-refractivity contribution < 1.29 is 23.5 Å². The lowest BCUT2D eigenvalue weighted by Gasteiger charge is -2.17. The molecular weight excluding hydrogens is 445 g/mol. The molecule has 0 atom stereocenters. The molecular formula is C24H26FN3O4S. The SMILES string of the molecule is CCOc1ccc(CN(C)CC(=O)NCCN2C(=O)SC(=Cc3ccccc3F)C2=O)cc1. The minimum atomic E-state index is -0.491. The van der Waals surface area contributed by atoms with Crippen LogP contribution in [-0.4, -0.2) is 60.1 Å². The van der Waals surface area contributed by atoms with Crippen LogP contribution in [0.2, 0.25) is 0 Å². The summed E-state index contributed by atoms with van der Waals surface area (Å²) in [6.07, 6.45) is 1.37. The Balaban J connectivity index is 1.44. The van der Waals surface area contributed by atoms with Gasteiger partial charge < -0.3 is 10.1 Å². The first kappa shape index (κ1) is 24.5. The summed E-state index contributed by atoms with van der Waals surface area (Å²) in [7, 11) is 1.83. The Labute approximate surface area is 196 Å². The molecule has 9 heteroatoms. The maximum atomic E-state index is 13.8. The zero-order chi connectivity index (χ0) is 23.8. The molecule has 33 heavy (non-hydrogen) atoms. The first-order valence-corrected chi connectivity index (χ1v) is 11.4. The number of rotatable bonds is 10. The van der Waals surface area contributed by atoms with E-state index in [2.05, 4.69) is 5.32 Å². The van der Waals surface area contributed by atoms with Gasteiger partial charge in [-0.1, -0.05) is 30.3 Å². The molecule has 0 saturated carbocycles. The number of hydrogen-bond acceptors (Lipinski definition) is 6. The topological polar surface area (TPSA) is 79.0 Å². The molecule has 1 saturated heterocycles. The van der Waals surface area contributed by atoms with E-state index >= 15 is 0 Å². The normalized spacial score (nSPS) is 14.9. The van der Waals surface area contributed by atoms with E-state index in [-0.39, 0.29) is 36.0 Å². The highest BCUT2D eigenvalue weighted by atomic mass is 32.2. The average Bonchev–Trinajstić information content (AvgIpc) is 3.04. The fourth-order valence-corrected chi connectivity index (χ4v) is 4.12. The van der Waals surface area contributed by atoms with E-state index < -0.39 is 17.0 Å². The number of carbonyl (C=O) groups is 3. The van der Waals surface area contributed by atoms with Crippen LogP contribution in [0.3, 0.4) is 0 Å². The number of hydrogen-bond donors (Lipinski definition) is 1. The molecule has 1 heterocycles. The summed E-state index contributed by atoms with van der Waals surface area (Å²) in [4.78, 5) is 40.0. The lowest BCUT2D eigenvalue weighted by molar-refractivity contribution is -0.124. The van der Waals surface area contributed by atoms with Crippen LogP contribution in [0.4, 0.5) is 9.18 Å². The molecule has 2 aromatic carbocycles. The second-order valence-electron chi connectivity index (χ2n) is 7.45. The van der Waals surface area contributed by atoms with Gasteiger partial charge in [0.2, 0.25) is 5.91 Å². The van der Waals surface area contributed by atoms with Crippen LogP contribution in [-0.2, 0) is 16.1 Å². The summed E-state index contributed by atoms with van der Waals surface area (Å²) in [6, 6.07) is 13.7. The lowest BCUT2D eigenvalue weighted by atomic mass is 10.2. The third-order valence-corrected chi connectivity index (χ3v) is 5.73. The fraction of sp³-hybridized carbons (Fsp3) is 0.292. The van der Waals surface area contributed by atoms with Gasteiger partial charge in [-0.3, -0.25) is 24.2 Å². The molecule has 0 bridgehead atoms. The number of carbonyl (C=O) groups excluding carboxylic acids is 3. The van der Waals surface area contributed by atoms with E-state index in [1.165, 1.54) is 18.2 Å². The number of likely N-dealkylation sites (N-methyl/N-ethyl adjacent to an activating group) is 1. The van der Waals surface area contributed by atoms with Crippen molar-refractivity contribution in [1.82, 2.24) is 15.1 Å². The monoisotopic (exact) mass is 471 g/mol. The average molecular weight is 472 g/mol. The van der Waals surface area contributed by atoms with E-state index in [0.29, 0.717) is 13.2 Å². The summed E-state index contributed by atoms with van der Waals surface area (Å²) < 4.78 is 19.2. The molecule has 3 rings (SSSR count). The van der Waals surface area contributed by atoms with Gasteiger partial charge in [-0.15, -0.1) is 0 Å². The number of thioether (sulfide) groups is 1. The molecule has 7 nitrogen and oxygen atoms in total. The van der Waals surface area contributed by atoms with E-state index in [4.69, 9.17) is 4.74 Å². The van der Waals surface area contributed by atoms with Crippen LogP contribution in [0.1, 0.15) is 18.1 Å². The Hall–Kier alpha value is -3.17. The van der Waals surface area contributed by atoms with Crippen LogP contribution in [0, 0.1) is 5.82 Å². The molecule has 1 aliphatic heterocycles. The van der Waals surface area contributed by atoms with Gasteiger partial charge in [0.1, 0.15) is 11.6 Å². The van der Waals surface area contributed by atoms with E-state index in [0.717, 1.165) is 28.0 Å². The van der Waals surface area contributed by atoms with Gasteiger partial charge in [0.05, 0.1) is 18.1 Å². The van der Waals surface area contributed by atoms with Crippen molar-refractivity contribution >= 4 is 34.9 Å². The second-order valence-corrected chi connectivity index (χ2v) is 8.45. The Morgan fingerprint density at radius 3 is 2.61 bits per heavy atom. The second kappa shape index (κ2) is 11.6. The van der Waals surface area contributed by atoms with Crippen molar-refractivity contribution in [2.45, 2.75) is 13.5 Å². The summed E-state index contributed by atoms with van der Waals surface area (Å²) in [5, 5.41) is 2.29. The minimum Gasteiger partial charge on any atom is -0.494 e. The summed E-state index contributed by atoms with van der Waals surface area (Å²) >= 11 is 0.762. The Bertz CT molecular complexity index is 1040. The standard InChI is InChI=1S/C24H26FN3O4S/c1-3-32-19-10-8-17(9-11-19)15-27(2)16-22(29)26-12-13-28-23(30)21(33-24(28)31)14-18-6-4-5-7-20(18)25/h4-11,14H,3,12-13,15-16H2,1-2H3,(H,26,29). The molecule has 2 aromatic rings. The summed E-state index contributed by atoms with van der Waals surface area (Å²) in [6.45, 7) is 3.48. The number of amides is 3.